The maximum absolute atomic E-state index is 13.4. The molecule has 0 aliphatic heterocycles. The summed E-state index contributed by atoms with van der Waals surface area (Å²) < 4.78 is 27.0. The number of carbonyl (C=O) groups excluding carboxylic acids is 2. The summed E-state index contributed by atoms with van der Waals surface area (Å²) in [6.45, 7) is 1.90. The highest BCUT2D eigenvalue weighted by Gasteiger charge is 2.13. The van der Waals surface area contributed by atoms with Crippen molar-refractivity contribution in [2.45, 2.75) is 13.3 Å². The van der Waals surface area contributed by atoms with Gasteiger partial charge in [-0.25, -0.2) is 8.78 Å². The highest BCUT2D eigenvalue weighted by molar-refractivity contribution is 9.10. The largest absolute Gasteiger partial charge is 0.326 e. The third kappa shape index (κ3) is 4.85. The molecule has 0 spiro atoms. The highest BCUT2D eigenvalue weighted by Crippen LogP contribution is 2.21. The summed E-state index contributed by atoms with van der Waals surface area (Å²) in [4.78, 5) is 23.5. The third-order valence-electron chi connectivity index (χ3n) is 2.98. The van der Waals surface area contributed by atoms with Crippen LogP contribution in [0.15, 0.2) is 40.9 Å². The lowest BCUT2D eigenvalue weighted by Gasteiger charge is -2.08. The zero-order valence-electron chi connectivity index (χ0n) is 12.1. The van der Waals surface area contributed by atoms with Gasteiger partial charge in [0.25, 0.3) is 0 Å². The van der Waals surface area contributed by atoms with Gasteiger partial charge >= 0.3 is 0 Å². The summed E-state index contributed by atoms with van der Waals surface area (Å²) in [5.74, 6) is -2.88. The van der Waals surface area contributed by atoms with Crippen molar-refractivity contribution in [2.75, 3.05) is 10.6 Å². The molecule has 2 N–H and O–H groups in total. The molecule has 2 amide bonds. The first kappa shape index (κ1) is 17.1. The van der Waals surface area contributed by atoms with E-state index in [9.17, 15) is 18.4 Å². The van der Waals surface area contributed by atoms with E-state index in [4.69, 9.17) is 0 Å². The minimum absolute atomic E-state index is 0.178. The average molecular weight is 383 g/mol. The van der Waals surface area contributed by atoms with Crippen molar-refractivity contribution in [3.63, 3.8) is 0 Å². The quantitative estimate of drug-likeness (QED) is 0.785. The van der Waals surface area contributed by atoms with E-state index in [1.165, 1.54) is 0 Å². The van der Waals surface area contributed by atoms with Crippen molar-refractivity contribution in [1.29, 1.82) is 0 Å². The molecule has 7 heteroatoms. The van der Waals surface area contributed by atoms with E-state index in [2.05, 4.69) is 26.6 Å². The van der Waals surface area contributed by atoms with Crippen LogP contribution in [0.2, 0.25) is 0 Å². The van der Waals surface area contributed by atoms with Crippen LogP contribution in [0.25, 0.3) is 0 Å². The second-order valence-corrected chi connectivity index (χ2v) is 5.72. The summed E-state index contributed by atoms with van der Waals surface area (Å²) in [6, 6.07) is 7.99. The van der Waals surface area contributed by atoms with E-state index in [1.54, 1.807) is 12.1 Å². The van der Waals surface area contributed by atoms with Crippen molar-refractivity contribution in [3.05, 3.63) is 58.1 Å². The van der Waals surface area contributed by atoms with E-state index in [-0.39, 0.29) is 5.69 Å². The summed E-state index contributed by atoms with van der Waals surface area (Å²) in [5.41, 5.74) is 1.36. The number of carbonyl (C=O) groups is 2. The van der Waals surface area contributed by atoms with Crippen LogP contribution in [0.4, 0.5) is 20.2 Å². The molecule has 2 aromatic carbocycles. The molecule has 0 saturated heterocycles. The van der Waals surface area contributed by atoms with Crippen LogP contribution in [0.1, 0.15) is 12.0 Å². The molecule has 0 bridgehead atoms. The van der Waals surface area contributed by atoms with Gasteiger partial charge in [0.05, 0.1) is 5.69 Å². The van der Waals surface area contributed by atoms with Gasteiger partial charge in [-0.05, 0) is 36.8 Å². The molecule has 0 aliphatic carbocycles. The molecule has 2 rings (SSSR count). The molecule has 23 heavy (non-hydrogen) atoms. The minimum Gasteiger partial charge on any atom is -0.326 e. The first-order valence-corrected chi connectivity index (χ1v) is 7.45. The molecule has 0 radical (unpaired) electrons. The fraction of sp³-hybridized carbons (Fsp3) is 0.125. The van der Waals surface area contributed by atoms with E-state index >= 15 is 0 Å². The molecule has 2 aromatic rings. The first-order chi connectivity index (χ1) is 10.8. The molecule has 0 saturated carbocycles. The number of anilines is 2. The van der Waals surface area contributed by atoms with Crippen LogP contribution in [0, 0.1) is 18.6 Å². The number of amides is 2. The summed E-state index contributed by atoms with van der Waals surface area (Å²) >= 11 is 3.34. The molecule has 0 aliphatic rings. The molecule has 0 unspecified atom stereocenters. The van der Waals surface area contributed by atoms with Gasteiger partial charge in [0.1, 0.15) is 18.1 Å². The van der Waals surface area contributed by atoms with Gasteiger partial charge < -0.3 is 10.6 Å². The zero-order valence-corrected chi connectivity index (χ0v) is 13.7. The van der Waals surface area contributed by atoms with Gasteiger partial charge in [0.15, 0.2) is 0 Å². The maximum atomic E-state index is 13.4. The maximum Gasteiger partial charge on any atom is 0.233 e. The zero-order chi connectivity index (χ0) is 17.0. The lowest BCUT2D eigenvalue weighted by atomic mass is 10.2. The van der Waals surface area contributed by atoms with Gasteiger partial charge in [-0.15, -0.1) is 0 Å². The molecule has 0 atom stereocenters. The smallest absolute Gasteiger partial charge is 0.233 e. The van der Waals surface area contributed by atoms with Crippen LogP contribution in [-0.4, -0.2) is 11.8 Å². The molecular formula is C16H13BrF2N2O2. The Balaban J connectivity index is 1.94. The molecule has 4 nitrogen and oxygen atoms in total. The van der Waals surface area contributed by atoms with E-state index in [1.807, 2.05) is 13.0 Å². The van der Waals surface area contributed by atoms with Crippen LogP contribution < -0.4 is 10.6 Å². The highest BCUT2D eigenvalue weighted by atomic mass is 79.9. The molecule has 0 heterocycles. The van der Waals surface area contributed by atoms with Gasteiger partial charge in [-0.2, -0.15) is 0 Å². The minimum atomic E-state index is -0.902. The van der Waals surface area contributed by atoms with Gasteiger partial charge in [-0.1, -0.05) is 22.0 Å². The molecule has 0 fully saturated rings. The van der Waals surface area contributed by atoms with Gasteiger partial charge in [0.2, 0.25) is 11.8 Å². The van der Waals surface area contributed by atoms with Crippen LogP contribution >= 0.6 is 15.9 Å². The number of halogens is 3. The van der Waals surface area contributed by atoms with Crippen molar-refractivity contribution in [1.82, 2.24) is 0 Å². The van der Waals surface area contributed by atoms with Crippen molar-refractivity contribution in [3.8, 4) is 0 Å². The summed E-state index contributed by atoms with van der Waals surface area (Å²) in [5, 5.41) is 4.79. The van der Waals surface area contributed by atoms with Crippen LogP contribution in [0.3, 0.4) is 0 Å². The number of aryl methyl sites for hydroxylation is 1. The summed E-state index contributed by atoms with van der Waals surface area (Å²) in [6.07, 6.45) is -0.484. The molecule has 0 aromatic heterocycles. The average Bonchev–Trinajstić information content (AvgIpc) is 2.46. The Bertz CT molecular complexity index is 766. The Kier molecular flexibility index (Phi) is 5.44. The normalized spacial score (nSPS) is 10.3. The number of rotatable bonds is 4. The van der Waals surface area contributed by atoms with E-state index in [0.717, 1.165) is 22.2 Å². The lowest BCUT2D eigenvalue weighted by Crippen LogP contribution is -2.21. The Morgan fingerprint density at radius 1 is 1.04 bits per heavy atom. The fourth-order valence-corrected chi connectivity index (χ4v) is 2.19. The Labute approximate surface area is 140 Å². The van der Waals surface area contributed by atoms with E-state index in [0.29, 0.717) is 11.8 Å². The van der Waals surface area contributed by atoms with Crippen LogP contribution in [0.5, 0.6) is 0 Å². The summed E-state index contributed by atoms with van der Waals surface area (Å²) in [7, 11) is 0. The fourth-order valence-electron chi connectivity index (χ4n) is 1.81. The number of hydrogen-bond donors (Lipinski definition) is 2. The Morgan fingerprint density at radius 2 is 1.74 bits per heavy atom. The van der Waals surface area contributed by atoms with E-state index < -0.39 is 29.9 Å². The topological polar surface area (TPSA) is 58.2 Å². The lowest BCUT2D eigenvalue weighted by molar-refractivity contribution is -0.123. The second-order valence-electron chi connectivity index (χ2n) is 4.86. The van der Waals surface area contributed by atoms with Crippen molar-refractivity contribution < 1.29 is 18.4 Å². The first-order valence-electron chi connectivity index (χ1n) is 6.66. The number of hydrogen-bond acceptors (Lipinski definition) is 2. The van der Waals surface area contributed by atoms with Crippen LogP contribution in [-0.2, 0) is 9.59 Å². The standard InChI is InChI=1S/C16H13BrF2N2O2/c1-9-2-4-11(7-12(9)17)20-15(22)8-16(23)21-14-5-3-10(18)6-13(14)19/h2-7H,8H2,1H3,(H,20,22)(H,21,23). The predicted octanol–water partition coefficient (Wildman–Crippen LogP) is 4.00. The van der Waals surface area contributed by atoms with Crippen molar-refractivity contribution >= 4 is 39.1 Å². The monoisotopic (exact) mass is 382 g/mol. The molecule has 120 valence electrons. The number of benzene rings is 2. The van der Waals surface area contributed by atoms with Gasteiger partial charge in [0, 0.05) is 16.2 Å². The van der Waals surface area contributed by atoms with Gasteiger partial charge in [-0.3, -0.25) is 9.59 Å². The molecular weight excluding hydrogens is 370 g/mol. The predicted molar refractivity (Wildman–Crippen MR) is 87.1 cm³/mol. The Morgan fingerprint density at radius 3 is 2.39 bits per heavy atom. The second kappa shape index (κ2) is 7.32. The number of nitrogens with one attached hydrogen (secondary N) is 2. The third-order valence-corrected chi connectivity index (χ3v) is 3.84. The van der Waals surface area contributed by atoms with Crippen molar-refractivity contribution in [2.24, 2.45) is 0 Å². The SMILES string of the molecule is Cc1ccc(NC(=O)CC(=O)Nc2ccc(F)cc2F)cc1Br. The Hall–Kier alpha value is -2.28.